The zero-order valence-corrected chi connectivity index (χ0v) is 11.0. The molecule has 5 nitrogen and oxygen atoms in total. The molecule has 0 aliphatic rings. The molecule has 1 aromatic heterocycles. The lowest BCUT2D eigenvalue weighted by molar-refractivity contribution is 0.283. The number of nitrogens with zero attached hydrogens (tertiary/aromatic N) is 2. The summed E-state index contributed by atoms with van der Waals surface area (Å²) in [7, 11) is 0. The van der Waals surface area contributed by atoms with Gasteiger partial charge in [0.2, 0.25) is 11.8 Å². The molecule has 0 atom stereocenters. The first kappa shape index (κ1) is 13.5. The van der Waals surface area contributed by atoms with Crippen molar-refractivity contribution < 1.29 is 14.3 Å². The third-order valence-electron chi connectivity index (χ3n) is 2.70. The molecular weight excluding hydrogens is 244 g/mol. The molecule has 1 aromatic carbocycles. The van der Waals surface area contributed by atoms with Crippen molar-refractivity contribution >= 4 is 0 Å². The van der Waals surface area contributed by atoms with Gasteiger partial charge in [-0.3, -0.25) is 0 Å². The monoisotopic (exact) mass is 262 g/mol. The number of hydrogen-bond donors (Lipinski definition) is 1. The molecule has 0 saturated heterocycles. The molecule has 1 N–H and O–H groups in total. The van der Waals surface area contributed by atoms with Crippen molar-refractivity contribution in [2.75, 3.05) is 13.2 Å². The molecule has 0 unspecified atom stereocenters. The molecule has 0 fully saturated rings. The van der Waals surface area contributed by atoms with E-state index in [1.54, 1.807) is 0 Å². The fraction of sp³-hybridized carbons (Fsp3) is 0.429. The minimum Gasteiger partial charge on any atom is -0.494 e. The fourth-order valence-electron chi connectivity index (χ4n) is 1.76. The average molecular weight is 262 g/mol. The predicted octanol–water partition coefficient (Wildman–Crippen LogP) is 1.79. The molecule has 0 aliphatic carbocycles. The first-order chi connectivity index (χ1) is 9.31. The second-order valence-electron chi connectivity index (χ2n) is 4.14. The first-order valence-electron chi connectivity index (χ1n) is 6.45. The van der Waals surface area contributed by atoms with E-state index < -0.39 is 0 Å². The number of hydrogen-bond acceptors (Lipinski definition) is 5. The van der Waals surface area contributed by atoms with Crippen molar-refractivity contribution in [3.8, 4) is 5.75 Å². The molecule has 0 saturated carbocycles. The highest BCUT2D eigenvalue weighted by molar-refractivity contribution is 5.27. The Morgan fingerprint density at radius 3 is 2.37 bits per heavy atom. The van der Waals surface area contributed by atoms with Crippen LogP contribution in [-0.2, 0) is 19.3 Å². The Morgan fingerprint density at radius 1 is 1.05 bits per heavy atom. The largest absolute Gasteiger partial charge is 0.494 e. The van der Waals surface area contributed by atoms with Crippen LogP contribution in [0.4, 0.5) is 0 Å². The van der Waals surface area contributed by atoms with E-state index >= 15 is 0 Å². The van der Waals surface area contributed by atoms with E-state index in [2.05, 4.69) is 10.2 Å². The van der Waals surface area contributed by atoms with Gasteiger partial charge in [-0.1, -0.05) is 12.1 Å². The second-order valence-corrected chi connectivity index (χ2v) is 4.14. The topological polar surface area (TPSA) is 68.4 Å². The average Bonchev–Trinajstić information content (AvgIpc) is 2.87. The number of aryl methyl sites for hydroxylation is 2. The van der Waals surface area contributed by atoms with Gasteiger partial charge in [-0.2, -0.15) is 0 Å². The highest BCUT2D eigenvalue weighted by atomic mass is 16.5. The van der Waals surface area contributed by atoms with Crippen LogP contribution < -0.4 is 4.74 Å². The highest BCUT2D eigenvalue weighted by Gasteiger charge is 2.05. The van der Waals surface area contributed by atoms with Crippen LogP contribution in [-0.4, -0.2) is 28.5 Å². The fourth-order valence-corrected chi connectivity index (χ4v) is 1.76. The van der Waals surface area contributed by atoms with Crippen LogP contribution in [0.2, 0.25) is 0 Å². The number of benzene rings is 1. The van der Waals surface area contributed by atoms with E-state index in [-0.39, 0.29) is 6.61 Å². The molecule has 0 spiro atoms. The van der Waals surface area contributed by atoms with Crippen molar-refractivity contribution in [3.63, 3.8) is 0 Å². The minimum atomic E-state index is 0.0283. The van der Waals surface area contributed by atoms with Gasteiger partial charge in [-0.15, -0.1) is 10.2 Å². The normalized spacial score (nSPS) is 10.6. The van der Waals surface area contributed by atoms with Crippen LogP contribution in [0, 0.1) is 0 Å². The summed E-state index contributed by atoms with van der Waals surface area (Å²) >= 11 is 0. The van der Waals surface area contributed by atoms with Gasteiger partial charge >= 0.3 is 0 Å². The standard InChI is InChI=1S/C14H18N2O3/c1-2-18-12-6-3-11(4-7-12)5-8-13-15-16-14(19-13)9-10-17/h3-4,6-7,17H,2,5,8-10H2,1H3. The third-order valence-corrected chi connectivity index (χ3v) is 2.70. The van der Waals surface area contributed by atoms with E-state index in [0.717, 1.165) is 12.2 Å². The van der Waals surface area contributed by atoms with Gasteiger partial charge in [0.1, 0.15) is 5.75 Å². The number of aliphatic hydroxyl groups is 1. The zero-order valence-electron chi connectivity index (χ0n) is 11.0. The van der Waals surface area contributed by atoms with Crippen LogP contribution >= 0.6 is 0 Å². The van der Waals surface area contributed by atoms with Crippen molar-refractivity contribution in [2.24, 2.45) is 0 Å². The Bertz CT molecular complexity index is 494. The van der Waals surface area contributed by atoms with Gasteiger partial charge in [-0.25, -0.2) is 0 Å². The van der Waals surface area contributed by atoms with Gasteiger partial charge in [0.15, 0.2) is 0 Å². The maximum absolute atomic E-state index is 8.77. The molecule has 2 rings (SSSR count). The highest BCUT2D eigenvalue weighted by Crippen LogP contribution is 2.14. The maximum Gasteiger partial charge on any atom is 0.218 e. The minimum absolute atomic E-state index is 0.0283. The summed E-state index contributed by atoms with van der Waals surface area (Å²) in [5.41, 5.74) is 1.20. The van der Waals surface area contributed by atoms with E-state index in [4.69, 9.17) is 14.3 Å². The summed E-state index contributed by atoms with van der Waals surface area (Å²) in [4.78, 5) is 0. The Kier molecular flexibility index (Phi) is 4.92. The van der Waals surface area contributed by atoms with Gasteiger partial charge in [0, 0.05) is 12.8 Å². The molecule has 0 amide bonds. The third kappa shape index (κ3) is 4.06. The Balaban J connectivity index is 1.86. The van der Waals surface area contributed by atoms with E-state index in [1.165, 1.54) is 5.56 Å². The quantitative estimate of drug-likeness (QED) is 0.824. The smallest absolute Gasteiger partial charge is 0.218 e. The summed E-state index contributed by atoms with van der Waals surface area (Å²) in [6.07, 6.45) is 1.95. The number of aliphatic hydroxyl groups excluding tert-OH is 1. The lowest BCUT2D eigenvalue weighted by Gasteiger charge is -2.03. The number of rotatable bonds is 7. The second kappa shape index (κ2) is 6.89. The summed E-state index contributed by atoms with van der Waals surface area (Å²) in [5, 5.41) is 16.6. The number of ether oxygens (including phenoxy) is 1. The summed E-state index contributed by atoms with van der Waals surface area (Å²) < 4.78 is 10.8. The molecule has 102 valence electrons. The Morgan fingerprint density at radius 2 is 1.74 bits per heavy atom. The molecule has 5 heteroatoms. The number of aromatic nitrogens is 2. The predicted molar refractivity (Wildman–Crippen MR) is 70.1 cm³/mol. The van der Waals surface area contributed by atoms with Gasteiger partial charge in [0.05, 0.1) is 13.2 Å². The SMILES string of the molecule is CCOc1ccc(CCc2nnc(CCO)o2)cc1. The van der Waals surface area contributed by atoms with E-state index in [1.807, 2.05) is 31.2 Å². The summed E-state index contributed by atoms with van der Waals surface area (Å²) in [6, 6.07) is 8.00. The molecule has 2 aromatic rings. The Hall–Kier alpha value is -1.88. The van der Waals surface area contributed by atoms with Crippen LogP contribution in [0.15, 0.2) is 28.7 Å². The van der Waals surface area contributed by atoms with E-state index in [9.17, 15) is 0 Å². The molecule has 19 heavy (non-hydrogen) atoms. The lowest BCUT2D eigenvalue weighted by atomic mass is 10.1. The van der Waals surface area contributed by atoms with E-state index in [0.29, 0.717) is 31.2 Å². The first-order valence-corrected chi connectivity index (χ1v) is 6.45. The van der Waals surface area contributed by atoms with Crippen molar-refractivity contribution in [1.82, 2.24) is 10.2 Å². The summed E-state index contributed by atoms with van der Waals surface area (Å²) in [6.45, 7) is 2.67. The lowest BCUT2D eigenvalue weighted by Crippen LogP contribution is -1.94. The molecular formula is C14H18N2O3. The van der Waals surface area contributed by atoms with Crippen molar-refractivity contribution in [2.45, 2.75) is 26.2 Å². The van der Waals surface area contributed by atoms with Crippen molar-refractivity contribution in [1.29, 1.82) is 0 Å². The molecule has 0 aliphatic heterocycles. The summed E-state index contributed by atoms with van der Waals surface area (Å²) in [5.74, 6) is 1.98. The molecule has 0 bridgehead atoms. The van der Waals surface area contributed by atoms with Gasteiger partial charge in [0.25, 0.3) is 0 Å². The van der Waals surface area contributed by atoms with Gasteiger partial charge < -0.3 is 14.3 Å². The van der Waals surface area contributed by atoms with Crippen LogP contribution in [0.3, 0.4) is 0 Å². The maximum atomic E-state index is 8.77. The zero-order chi connectivity index (χ0) is 13.5. The molecule has 0 radical (unpaired) electrons. The van der Waals surface area contributed by atoms with Crippen LogP contribution in [0.1, 0.15) is 24.3 Å². The van der Waals surface area contributed by atoms with Crippen LogP contribution in [0.25, 0.3) is 0 Å². The van der Waals surface area contributed by atoms with Gasteiger partial charge in [-0.05, 0) is 31.0 Å². The van der Waals surface area contributed by atoms with Crippen LogP contribution in [0.5, 0.6) is 5.75 Å². The van der Waals surface area contributed by atoms with Crippen molar-refractivity contribution in [3.05, 3.63) is 41.6 Å². The molecule has 1 heterocycles. The Labute approximate surface area is 112 Å².